The summed E-state index contributed by atoms with van der Waals surface area (Å²) in [5, 5.41) is 13.3. The summed E-state index contributed by atoms with van der Waals surface area (Å²) in [6.07, 6.45) is 11.4. The van der Waals surface area contributed by atoms with E-state index < -0.39 is 17.4 Å². The van der Waals surface area contributed by atoms with E-state index in [0.717, 1.165) is 18.4 Å². The molecule has 2 N–H and O–H groups in total. The quantitative estimate of drug-likeness (QED) is 0.513. The Labute approximate surface area is 193 Å². The van der Waals surface area contributed by atoms with Crippen molar-refractivity contribution in [2.45, 2.75) is 43.6 Å². The predicted molar refractivity (Wildman–Crippen MR) is 126 cm³/mol. The number of carbonyl (C=O) groups is 2. The molecule has 2 heterocycles. The SMILES string of the molecule is O=C(NCC1CC1)C1COC(C(CCCC=Cc2cccnc2)(C(=O)O)c2ccccc2)=N1. The molecular weight excluding hydrogens is 418 g/mol. The van der Waals surface area contributed by atoms with Crippen molar-refractivity contribution in [2.24, 2.45) is 10.9 Å². The number of ether oxygens (including phenoxy) is 1. The molecule has 1 amide bonds. The maximum Gasteiger partial charge on any atom is 0.323 e. The summed E-state index contributed by atoms with van der Waals surface area (Å²) in [6.45, 7) is 0.709. The van der Waals surface area contributed by atoms with Crippen LogP contribution in [0, 0.1) is 5.92 Å². The van der Waals surface area contributed by atoms with E-state index in [1.165, 1.54) is 0 Å². The van der Waals surface area contributed by atoms with Crippen LogP contribution < -0.4 is 5.32 Å². The van der Waals surface area contributed by atoms with Crippen LogP contribution in [0.1, 0.15) is 43.2 Å². The Bertz CT molecular complexity index is 1020. The number of aromatic nitrogens is 1. The Morgan fingerprint density at radius 2 is 2.00 bits per heavy atom. The predicted octanol–water partition coefficient (Wildman–Crippen LogP) is 3.61. The van der Waals surface area contributed by atoms with Crippen LogP contribution in [0.3, 0.4) is 0 Å². The average Bonchev–Trinajstić information content (AvgIpc) is 3.54. The molecular formula is C26H29N3O4. The molecule has 33 heavy (non-hydrogen) atoms. The third kappa shape index (κ3) is 5.48. The Balaban J connectivity index is 1.51. The van der Waals surface area contributed by atoms with Crippen LogP contribution in [-0.2, 0) is 19.7 Å². The van der Waals surface area contributed by atoms with E-state index in [4.69, 9.17) is 4.74 Å². The van der Waals surface area contributed by atoms with Gasteiger partial charge in [0.15, 0.2) is 11.5 Å². The fraction of sp³-hybridized carbons (Fsp3) is 0.385. The summed E-state index contributed by atoms with van der Waals surface area (Å²) in [7, 11) is 0. The summed E-state index contributed by atoms with van der Waals surface area (Å²) in [6, 6.07) is 12.2. The Morgan fingerprint density at radius 3 is 2.70 bits per heavy atom. The molecule has 0 spiro atoms. The first-order valence-corrected chi connectivity index (χ1v) is 11.4. The highest BCUT2D eigenvalue weighted by molar-refractivity contribution is 6.09. The molecule has 0 saturated heterocycles. The van der Waals surface area contributed by atoms with Gasteiger partial charge in [-0.25, -0.2) is 4.99 Å². The normalized spacial score (nSPS) is 19.5. The van der Waals surface area contributed by atoms with E-state index in [2.05, 4.69) is 15.3 Å². The van der Waals surface area contributed by atoms with Gasteiger partial charge in [-0.05, 0) is 55.2 Å². The number of carboxylic acid groups (broad SMARTS) is 1. The lowest BCUT2D eigenvalue weighted by atomic mass is 9.76. The van der Waals surface area contributed by atoms with Gasteiger partial charge >= 0.3 is 5.97 Å². The van der Waals surface area contributed by atoms with Crippen molar-refractivity contribution in [1.82, 2.24) is 10.3 Å². The van der Waals surface area contributed by atoms with Crippen molar-refractivity contribution in [3.8, 4) is 0 Å². The summed E-state index contributed by atoms with van der Waals surface area (Å²) in [5.41, 5.74) is 0.162. The third-order valence-electron chi connectivity index (χ3n) is 6.13. The first kappa shape index (κ1) is 22.7. The van der Waals surface area contributed by atoms with Crippen LogP contribution in [0.15, 0.2) is 65.9 Å². The zero-order chi connectivity index (χ0) is 23.1. The smallest absolute Gasteiger partial charge is 0.323 e. The van der Waals surface area contributed by atoms with E-state index in [-0.39, 0.29) is 18.4 Å². The maximum absolute atomic E-state index is 12.7. The second-order valence-electron chi connectivity index (χ2n) is 8.61. The number of rotatable bonds is 11. The van der Waals surface area contributed by atoms with E-state index in [1.807, 2.05) is 42.5 Å². The van der Waals surface area contributed by atoms with Crippen LogP contribution in [0.2, 0.25) is 0 Å². The number of amides is 1. The monoisotopic (exact) mass is 447 g/mol. The van der Waals surface area contributed by atoms with E-state index in [0.29, 0.717) is 37.3 Å². The lowest BCUT2D eigenvalue weighted by Gasteiger charge is -2.29. The number of nitrogens with zero attached hydrogens (tertiary/aromatic N) is 2. The molecule has 1 aliphatic heterocycles. The summed E-state index contributed by atoms with van der Waals surface area (Å²) in [4.78, 5) is 33.8. The van der Waals surface area contributed by atoms with Crippen LogP contribution in [0.4, 0.5) is 0 Å². The van der Waals surface area contributed by atoms with Gasteiger partial charge in [0.2, 0.25) is 11.8 Å². The minimum atomic E-state index is -1.44. The fourth-order valence-electron chi connectivity index (χ4n) is 4.02. The third-order valence-corrected chi connectivity index (χ3v) is 6.13. The first-order chi connectivity index (χ1) is 16.1. The molecule has 1 aliphatic carbocycles. The number of aliphatic imine (C=N–C) groups is 1. The molecule has 1 aromatic heterocycles. The van der Waals surface area contributed by atoms with Gasteiger partial charge < -0.3 is 15.2 Å². The van der Waals surface area contributed by atoms with Gasteiger partial charge in [0.05, 0.1) is 0 Å². The highest BCUT2D eigenvalue weighted by Crippen LogP contribution is 2.35. The number of aliphatic carboxylic acids is 1. The molecule has 0 bridgehead atoms. The van der Waals surface area contributed by atoms with Crippen LogP contribution in [-0.4, -0.2) is 47.1 Å². The van der Waals surface area contributed by atoms with Gasteiger partial charge in [0.25, 0.3) is 0 Å². The van der Waals surface area contributed by atoms with E-state index >= 15 is 0 Å². The van der Waals surface area contributed by atoms with Crippen molar-refractivity contribution in [3.63, 3.8) is 0 Å². The maximum atomic E-state index is 12.7. The molecule has 4 rings (SSSR count). The lowest BCUT2D eigenvalue weighted by Crippen LogP contribution is -2.44. The van der Waals surface area contributed by atoms with Crippen molar-refractivity contribution < 1.29 is 19.4 Å². The van der Waals surface area contributed by atoms with Gasteiger partial charge in [0, 0.05) is 18.9 Å². The number of carbonyl (C=O) groups excluding carboxylic acids is 1. The molecule has 2 atom stereocenters. The summed E-state index contributed by atoms with van der Waals surface area (Å²) >= 11 is 0. The minimum Gasteiger partial charge on any atom is -0.480 e. The van der Waals surface area contributed by atoms with Gasteiger partial charge in [0.1, 0.15) is 6.61 Å². The largest absolute Gasteiger partial charge is 0.480 e. The number of hydrogen-bond donors (Lipinski definition) is 2. The van der Waals surface area contributed by atoms with Gasteiger partial charge in [-0.3, -0.25) is 14.6 Å². The zero-order valence-electron chi connectivity index (χ0n) is 18.5. The molecule has 2 aliphatic rings. The molecule has 172 valence electrons. The second kappa shape index (κ2) is 10.4. The molecule has 7 nitrogen and oxygen atoms in total. The van der Waals surface area contributed by atoms with Crippen LogP contribution in [0.25, 0.3) is 6.08 Å². The van der Waals surface area contributed by atoms with Gasteiger partial charge in [-0.2, -0.15) is 0 Å². The van der Waals surface area contributed by atoms with Crippen molar-refractivity contribution in [2.75, 3.05) is 13.2 Å². The molecule has 0 radical (unpaired) electrons. The Kier molecular flexibility index (Phi) is 7.17. The first-order valence-electron chi connectivity index (χ1n) is 11.4. The highest BCUT2D eigenvalue weighted by atomic mass is 16.5. The topological polar surface area (TPSA) is 101 Å². The number of pyridine rings is 1. The number of allylic oxidation sites excluding steroid dienone is 1. The Morgan fingerprint density at radius 1 is 1.18 bits per heavy atom. The molecule has 2 aromatic rings. The van der Waals surface area contributed by atoms with E-state index in [1.54, 1.807) is 24.5 Å². The molecule has 1 fully saturated rings. The molecule has 7 heteroatoms. The number of carboxylic acids is 1. The number of unbranched alkanes of at least 4 members (excludes halogenated alkanes) is 1. The minimum absolute atomic E-state index is 0.0641. The fourth-order valence-corrected chi connectivity index (χ4v) is 4.02. The summed E-state index contributed by atoms with van der Waals surface area (Å²) in [5.74, 6) is -0.558. The molecule has 1 saturated carbocycles. The zero-order valence-corrected chi connectivity index (χ0v) is 18.5. The van der Waals surface area contributed by atoms with Crippen LogP contribution >= 0.6 is 0 Å². The summed E-state index contributed by atoms with van der Waals surface area (Å²) < 4.78 is 5.80. The van der Waals surface area contributed by atoms with E-state index in [9.17, 15) is 14.7 Å². The van der Waals surface area contributed by atoms with Crippen molar-refractivity contribution in [3.05, 3.63) is 72.1 Å². The number of hydrogen-bond acceptors (Lipinski definition) is 5. The van der Waals surface area contributed by atoms with Crippen molar-refractivity contribution >= 4 is 23.9 Å². The number of nitrogens with one attached hydrogen (secondary N) is 1. The Hall–Kier alpha value is -3.48. The second-order valence-corrected chi connectivity index (χ2v) is 8.61. The average molecular weight is 448 g/mol. The van der Waals surface area contributed by atoms with Gasteiger partial charge in [-0.15, -0.1) is 0 Å². The lowest BCUT2D eigenvalue weighted by molar-refractivity contribution is -0.141. The standard InChI is InChI=1S/C26H29N3O4/c30-23(28-17-20-12-13-20)22-18-33-24(29-22)26(25(31)32,21-10-4-1-5-11-21)14-6-2-3-8-19-9-7-15-27-16-19/h1,3-5,7-11,15-16,20,22H,2,6,12-14,17-18H2,(H,28,30)(H,31,32). The molecule has 1 aromatic carbocycles. The van der Waals surface area contributed by atoms with Crippen LogP contribution in [0.5, 0.6) is 0 Å². The highest BCUT2D eigenvalue weighted by Gasteiger charge is 2.49. The van der Waals surface area contributed by atoms with Crippen molar-refractivity contribution in [1.29, 1.82) is 0 Å². The number of benzene rings is 1. The molecule has 2 unspecified atom stereocenters. The van der Waals surface area contributed by atoms with Gasteiger partial charge in [-0.1, -0.05) is 48.6 Å².